The van der Waals surface area contributed by atoms with Crippen LogP contribution in [0.5, 0.6) is 0 Å². The second kappa shape index (κ2) is 5.58. The Morgan fingerprint density at radius 1 is 1.36 bits per heavy atom. The van der Waals surface area contributed by atoms with Crippen LogP contribution in [0.4, 0.5) is 0 Å². The fourth-order valence-corrected chi connectivity index (χ4v) is 1.34. The first-order valence-corrected chi connectivity index (χ1v) is 4.71. The number of allylic oxidation sites excluding steroid dienone is 1. The van der Waals surface area contributed by atoms with Crippen molar-refractivity contribution < 1.29 is 10.1 Å². The third-order valence-corrected chi connectivity index (χ3v) is 1.93. The van der Waals surface area contributed by atoms with Crippen molar-refractivity contribution in [1.82, 2.24) is 0 Å². The van der Waals surface area contributed by atoms with Crippen LogP contribution in [0.2, 0.25) is 0 Å². The van der Waals surface area contributed by atoms with E-state index in [-0.39, 0.29) is 6.10 Å². The van der Waals surface area contributed by atoms with Gasteiger partial charge >= 0.3 is 0 Å². The third kappa shape index (κ3) is 3.73. The molecule has 0 amide bonds. The number of hydrogen-bond acceptors (Lipinski definition) is 2. The minimum absolute atomic E-state index is 0.248. The highest BCUT2D eigenvalue weighted by Gasteiger charge is 2.05. The molecular weight excluding hydrogens is 176 g/mol. The lowest BCUT2D eigenvalue weighted by molar-refractivity contribution is -0.265. The summed E-state index contributed by atoms with van der Waals surface area (Å²) in [5.41, 5.74) is 2.30. The van der Waals surface area contributed by atoms with Gasteiger partial charge in [0, 0.05) is 6.42 Å². The fourth-order valence-electron chi connectivity index (χ4n) is 1.34. The highest BCUT2D eigenvalue weighted by Crippen LogP contribution is 2.08. The molecule has 1 atom stereocenters. The van der Waals surface area contributed by atoms with E-state index in [0.29, 0.717) is 6.42 Å². The van der Waals surface area contributed by atoms with Crippen molar-refractivity contribution in [1.29, 1.82) is 0 Å². The summed E-state index contributed by atoms with van der Waals surface area (Å²) in [4.78, 5) is 4.39. The molecule has 0 saturated carbocycles. The zero-order valence-electron chi connectivity index (χ0n) is 8.60. The molecule has 2 heteroatoms. The van der Waals surface area contributed by atoms with E-state index in [1.165, 1.54) is 0 Å². The monoisotopic (exact) mass is 192 g/mol. The van der Waals surface area contributed by atoms with E-state index in [2.05, 4.69) is 4.89 Å². The summed E-state index contributed by atoms with van der Waals surface area (Å²) in [6, 6.07) is 9.97. The van der Waals surface area contributed by atoms with E-state index in [1.54, 1.807) is 0 Å². The molecule has 14 heavy (non-hydrogen) atoms. The van der Waals surface area contributed by atoms with Gasteiger partial charge in [0.05, 0.1) is 0 Å². The van der Waals surface area contributed by atoms with Gasteiger partial charge in [-0.2, -0.15) is 0 Å². The first kappa shape index (κ1) is 11.0. The van der Waals surface area contributed by atoms with Crippen molar-refractivity contribution in [2.45, 2.75) is 26.4 Å². The molecule has 0 aliphatic heterocycles. The Bertz CT molecular complexity index is 286. The van der Waals surface area contributed by atoms with Crippen LogP contribution < -0.4 is 0 Å². The van der Waals surface area contributed by atoms with Crippen LogP contribution >= 0.6 is 0 Å². The molecule has 1 unspecified atom stereocenters. The Labute approximate surface area is 84.8 Å². The van der Waals surface area contributed by atoms with Gasteiger partial charge in [-0.1, -0.05) is 42.0 Å². The summed E-state index contributed by atoms with van der Waals surface area (Å²) in [6.45, 7) is 3.97. The van der Waals surface area contributed by atoms with Crippen LogP contribution in [0, 0.1) is 0 Å². The molecule has 1 aromatic rings. The molecule has 0 aliphatic carbocycles. The Balaban J connectivity index is 2.62. The van der Waals surface area contributed by atoms with Crippen molar-refractivity contribution >= 4 is 0 Å². The summed E-state index contributed by atoms with van der Waals surface area (Å²) in [6.07, 6.45) is 2.36. The molecular formula is C12H16O2. The summed E-state index contributed by atoms with van der Waals surface area (Å²) in [5, 5.41) is 8.69. The van der Waals surface area contributed by atoms with Gasteiger partial charge in [0.1, 0.15) is 6.10 Å². The average molecular weight is 192 g/mol. The molecule has 0 spiro atoms. The normalized spacial score (nSPS) is 12.2. The average Bonchev–Trinajstić information content (AvgIpc) is 2.17. The smallest absolute Gasteiger partial charge is 0.115 e. The predicted molar refractivity (Wildman–Crippen MR) is 57.1 cm³/mol. The van der Waals surface area contributed by atoms with E-state index in [9.17, 15) is 0 Å². The Kier molecular flexibility index (Phi) is 4.36. The maximum Gasteiger partial charge on any atom is 0.115 e. The standard InChI is InChI=1S/C12H16O2/c1-10(2)8-12(14-13)9-11-6-4-3-5-7-11/h3-8,12-13H,9H2,1-2H3. The second-order valence-electron chi connectivity index (χ2n) is 3.58. The summed E-state index contributed by atoms with van der Waals surface area (Å²) >= 11 is 0. The first-order chi connectivity index (χ1) is 6.72. The van der Waals surface area contributed by atoms with Gasteiger partial charge in [-0.15, -0.1) is 0 Å². The van der Waals surface area contributed by atoms with E-state index in [1.807, 2.05) is 50.3 Å². The second-order valence-corrected chi connectivity index (χ2v) is 3.58. The maximum atomic E-state index is 8.69. The van der Waals surface area contributed by atoms with Crippen molar-refractivity contribution in [3.05, 3.63) is 47.5 Å². The van der Waals surface area contributed by atoms with Crippen molar-refractivity contribution in [2.75, 3.05) is 0 Å². The molecule has 1 rings (SSSR count). The number of rotatable bonds is 4. The molecule has 0 saturated heterocycles. The molecule has 0 aliphatic rings. The maximum absolute atomic E-state index is 8.69. The molecule has 1 aromatic carbocycles. The number of hydrogen-bond donors (Lipinski definition) is 1. The van der Waals surface area contributed by atoms with Gasteiger partial charge in [0.25, 0.3) is 0 Å². The van der Waals surface area contributed by atoms with E-state index < -0.39 is 0 Å². The van der Waals surface area contributed by atoms with Crippen molar-refractivity contribution in [2.24, 2.45) is 0 Å². The summed E-state index contributed by atoms with van der Waals surface area (Å²) < 4.78 is 0. The minimum atomic E-state index is -0.248. The molecule has 1 N–H and O–H groups in total. The fraction of sp³-hybridized carbons (Fsp3) is 0.333. The van der Waals surface area contributed by atoms with Crippen LogP contribution in [0.1, 0.15) is 19.4 Å². The number of benzene rings is 1. The first-order valence-electron chi connectivity index (χ1n) is 4.71. The van der Waals surface area contributed by atoms with E-state index >= 15 is 0 Å². The summed E-state index contributed by atoms with van der Waals surface area (Å²) in [5.74, 6) is 0. The highest BCUT2D eigenvalue weighted by atomic mass is 17.1. The quantitative estimate of drug-likeness (QED) is 0.451. The molecule has 76 valence electrons. The van der Waals surface area contributed by atoms with Crippen molar-refractivity contribution in [3.8, 4) is 0 Å². The lowest BCUT2D eigenvalue weighted by Gasteiger charge is -2.09. The molecule has 0 aromatic heterocycles. The van der Waals surface area contributed by atoms with Crippen molar-refractivity contribution in [3.63, 3.8) is 0 Å². The Hall–Kier alpha value is -1.12. The van der Waals surface area contributed by atoms with Gasteiger partial charge in [-0.25, -0.2) is 4.89 Å². The minimum Gasteiger partial charge on any atom is -0.251 e. The zero-order valence-corrected chi connectivity index (χ0v) is 8.60. The Morgan fingerprint density at radius 2 is 2.00 bits per heavy atom. The van der Waals surface area contributed by atoms with Crippen LogP contribution in [-0.2, 0) is 11.3 Å². The molecule has 0 fully saturated rings. The SMILES string of the molecule is CC(C)=CC(Cc1ccccc1)OO. The van der Waals surface area contributed by atoms with Gasteiger partial charge in [0.15, 0.2) is 0 Å². The van der Waals surface area contributed by atoms with Crippen LogP contribution in [0.25, 0.3) is 0 Å². The Morgan fingerprint density at radius 3 is 2.50 bits per heavy atom. The van der Waals surface area contributed by atoms with Gasteiger partial charge in [-0.3, -0.25) is 5.26 Å². The van der Waals surface area contributed by atoms with E-state index in [0.717, 1.165) is 11.1 Å². The van der Waals surface area contributed by atoms with Crippen LogP contribution in [0.15, 0.2) is 42.0 Å². The molecule has 0 bridgehead atoms. The summed E-state index contributed by atoms with van der Waals surface area (Å²) in [7, 11) is 0. The van der Waals surface area contributed by atoms with E-state index in [4.69, 9.17) is 5.26 Å². The topological polar surface area (TPSA) is 29.5 Å². The zero-order chi connectivity index (χ0) is 10.4. The molecule has 2 nitrogen and oxygen atoms in total. The largest absolute Gasteiger partial charge is 0.251 e. The lowest BCUT2D eigenvalue weighted by atomic mass is 10.1. The van der Waals surface area contributed by atoms with Crippen LogP contribution in [0.3, 0.4) is 0 Å². The van der Waals surface area contributed by atoms with Gasteiger partial charge < -0.3 is 0 Å². The molecule has 0 radical (unpaired) electrons. The third-order valence-electron chi connectivity index (χ3n) is 1.93. The van der Waals surface area contributed by atoms with Crippen LogP contribution in [-0.4, -0.2) is 11.4 Å². The predicted octanol–water partition coefficient (Wildman–Crippen LogP) is 3.05. The molecule has 0 heterocycles. The highest BCUT2D eigenvalue weighted by molar-refractivity contribution is 5.17. The van der Waals surface area contributed by atoms with Gasteiger partial charge in [0.2, 0.25) is 0 Å². The lowest BCUT2D eigenvalue weighted by Crippen LogP contribution is -2.11. The van der Waals surface area contributed by atoms with Gasteiger partial charge in [-0.05, 0) is 19.4 Å².